The SMILES string of the molecule is CC(C1CCCCN1CCc1ccc([N+](=O)[O-])cc1)N1CCc2cc3c(cc2CC1=O)OCO3. The lowest BCUT2D eigenvalue weighted by Gasteiger charge is -2.43. The predicted molar refractivity (Wildman–Crippen MR) is 127 cm³/mol. The molecule has 34 heavy (non-hydrogen) atoms. The Hall–Kier alpha value is -3.13. The number of amides is 1. The van der Waals surface area contributed by atoms with Crippen molar-refractivity contribution in [3.8, 4) is 11.5 Å². The molecule has 3 aliphatic rings. The molecule has 0 aromatic heterocycles. The van der Waals surface area contributed by atoms with Crippen LogP contribution in [0.5, 0.6) is 11.5 Å². The first-order chi connectivity index (χ1) is 16.5. The summed E-state index contributed by atoms with van der Waals surface area (Å²) in [6, 6.07) is 11.3. The number of piperidine rings is 1. The van der Waals surface area contributed by atoms with Gasteiger partial charge in [-0.05, 0) is 68.0 Å². The first-order valence-corrected chi connectivity index (χ1v) is 12.2. The Balaban J connectivity index is 1.26. The highest BCUT2D eigenvalue weighted by atomic mass is 16.7. The van der Waals surface area contributed by atoms with E-state index >= 15 is 0 Å². The number of hydrogen-bond donors (Lipinski definition) is 0. The van der Waals surface area contributed by atoms with Crippen molar-refractivity contribution in [2.45, 2.75) is 57.5 Å². The van der Waals surface area contributed by atoms with Gasteiger partial charge < -0.3 is 14.4 Å². The molecule has 0 N–H and O–H groups in total. The number of rotatable bonds is 6. The number of nitro groups is 1. The van der Waals surface area contributed by atoms with Gasteiger partial charge in [-0.1, -0.05) is 18.6 Å². The van der Waals surface area contributed by atoms with Gasteiger partial charge in [0.25, 0.3) is 5.69 Å². The number of carbonyl (C=O) groups is 1. The second-order valence-corrected chi connectivity index (χ2v) is 9.50. The summed E-state index contributed by atoms with van der Waals surface area (Å²) in [5.74, 6) is 1.68. The Morgan fingerprint density at radius 1 is 1.09 bits per heavy atom. The van der Waals surface area contributed by atoms with E-state index in [4.69, 9.17) is 9.47 Å². The van der Waals surface area contributed by atoms with Crippen LogP contribution in [0.4, 0.5) is 5.69 Å². The average molecular weight is 466 g/mol. The van der Waals surface area contributed by atoms with Crippen LogP contribution in [0.15, 0.2) is 36.4 Å². The third-order valence-corrected chi connectivity index (χ3v) is 7.53. The molecule has 2 aromatic rings. The number of hydrogen-bond acceptors (Lipinski definition) is 6. The summed E-state index contributed by atoms with van der Waals surface area (Å²) >= 11 is 0. The number of carbonyl (C=O) groups excluding carboxylic acids is 1. The maximum Gasteiger partial charge on any atom is 0.269 e. The molecule has 0 radical (unpaired) electrons. The molecule has 180 valence electrons. The van der Waals surface area contributed by atoms with Gasteiger partial charge in [-0.3, -0.25) is 19.8 Å². The standard InChI is InChI=1S/C26H31N3O5/c1-18(28-13-10-20-14-24-25(34-17-33-24)15-21(20)16-26(28)30)23-4-2-3-11-27(23)12-9-19-5-7-22(8-6-19)29(31)32/h5-8,14-15,18,23H,2-4,9-13,16-17H2,1H3. The van der Waals surface area contributed by atoms with Gasteiger partial charge in [-0.25, -0.2) is 0 Å². The number of benzene rings is 2. The number of nitro benzene ring substituents is 1. The minimum absolute atomic E-state index is 0.122. The second kappa shape index (κ2) is 9.62. The summed E-state index contributed by atoms with van der Waals surface area (Å²) in [6.45, 7) is 5.04. The van der Waals surface area contributed by atoms with E-state index in [2.05, 4.69) is 16.7 Å². The molecule has 8 nitrogen and oxygen atoms in total. The summed E-state index contributed by atoms with van der Waals surface area (Å²) < 4.78 is 11.1. The smallest absolute Gasteiger partial charge is 0.269 e. The molecule has 1 fully saturated rings. The van der Waals surface area contributed by atoms with Crippen molar-refractivity contribution >= 4 is 11.6 Å². The van der Waals surface area contributed by atoms with Gasteiger partial charge >= 0.3 is 0 Å². The molecule has 2 unspecified atom stereocenters. The summed E-state index contributed by atoms with van der Waals surface area (Å²) in [4.78, 5) is 28.4. The zero-order valence-corrected chi connectivity index (χ0v) is 19.6. The van der Waals surface area contributed by atoms with Gasteiger partial charge in [0.15, 0.2) is 11.5 Å². The normalized spacial score (nSPS) is 21.1. The van der Waals surface area contributed by atoms with Crippen LogP contribution in [0.25, 0.3) is 0 Å². The van der Waals surface area contributed by atoms with Crippen LogP contribution >= 0.6 is 0 Å². The molecule has 8 heteroatoms. The Kier molecular flexibility index (Phi) is 6.41. The minimum atomic E-state index is -0.365. The van der Waals surface area contributed by atoms with E-state index < -0.39 is 0 Å². The number of ether oxygens (including phenoxy) is 2. The molecule has 1 saturated heterocycles. The van der Waals surface area contributed by atoms with E-state index in [1.165, 1.54) is 12.0 Å². The maximum absolute atomic E-state index is 13.3. The molecule has 0 saturated carbocycles. The fourth-order valence-corrected chi connectivity index (χ4v) is 5.59. The third-order valence-electron chi connectivity index (χ3n) is 7.53. The minimum Gasteiger partial charge on any atom is -0.454 e. The highest BCUT2D eigenvalue weighted by Gasteiger charge is 2.34. The monoisotopic (exact) mass is 465 g/mol. The first-order valence-electron chi connectivity index (χ1n) is 12.2. The predicted octanol–water partition coefficient (Wildman–Crippen LogP) is 3.74. The van der Waals surface area contributed by atoms with Gasteiger partial charge in [-0.15, -0.1) is 0 Å². The molecular formula is C26H31N3O5. The average Bonchev–Trinajstić information content (AvgIpc) is 3.23. The zero-order chi connectivity index (χ0) is 23.7. The summed E-state index contributed by atoms with van der Waals surface area (Å²) in [7, 11) is 0. The summed E-state index contributed by atoms with van der Waals surface area (Å²) in [5.41, 5.74) is 3.44. The Morgan fingerprint density at radius 3 is 2.56 bits per heavy atom. The molecule has 3 heterocycles. The molecule has 0 spiro atoms. The van der Waals surface area contributed by atoms with Crippen molar-refractivity contribution in [1.82, 2.24) is 9.80 Å². The quantitative estimate of drug-likeness (QED) is 0.477. The molecule has 0 aliphatic carbocycles. The van der Waals surface area contributed by atoms with Crippen LogP contribution in [0, 0.1) is 10.1 Å². The molecular weight excluding hydrogens is 434 g/mol. The highest BCUT2D eigenvalue weighted by molar-refractivity contribution is 5.80. The highest BCUT2D eigenvalue weighted by Crippen LogP contribution is 2.36. The Morgan fingerprint density at radius 2 is 1.82 bits per heavy atom. The van der Waals surface area contributed by atoms with E-state index in [-0.39, 0.29) is 29.4 Å². The first kappa shape index (κ1) is 22.7. The zero-order valence-electron chi connectivity index (χ0n) is 19.6. The van der Waals surface area contributed by atoms with Gasteiger partial charge in [0.05, 0.1) is 11.3 Å². The van der Waals surface area contributed by atoms with Crippen LogP contribution in [0.2, 0.25) is 0 Å². The fourth-order valence-electron chi connectivity index (χ4n) is 5.59. The summed E-state index contributed by atoms with van der Waals surface area (Å²) in [5, 5.41) is 10.9. The van der Waals surface area contributed by atoms with Crippen LogP contribution < -0.4 is 9.47 Å². The number of non-ortho nitro benzene ring substituents is 1. The lowest BCUT2D eigenvalue weighted by Crippen LogP contribution is -2.54. The largest absolute Gasteiger partial charge is 0.454 e. The van der Waals surface area contributed by atoms with E-state index in [9.17, 15) is 14.9 Å². The van der Waals surface area contributed by atoms with Crippen LogP contribution in [0.1, 0.15) is 42.9 Å². The van der Waals surface area contributed by atoms with Crippen LogP contribution in [0.3, 0.4) is 0 Å². The summed E-state index contributed by atoms with van der Waals surface area (Å²) in [6.07, 6.45) is 5.46. The molecule has 5 rings (SSSR count). The van der Waals surface area contributed by atoms with Crippen molar-refractivity contribution in [2.75, 3.05) is 26.4 Å². The second-order valence-electron chi connectivity index (χ2n) is 9.50. The van der Waals surface area contributed by atoms with Crippen molar-refractivity contribution in [3.63, 3.8) is 0 Å². The number of nitrogens with zero attached hydrogens (tertiary/aromatic N) is 3. The van der Waals surface area contributed by atoms with Crippen molar-refractivity contribution in [1.29, 1.82) is 0 Å². The lowest BCUT2D eigenvalue weighted by molar-refractivity contribution is -0.384. The van der Waals surface area contributed by atoms with E-state index in [1.54, 1.807) is 12.1 Å². The molecule has 2 aromatic carbocycles. The van der Waals surface area contributed by atoms with Gasteiger partial charge in [-0.2, -0.15) is 0 Å². The van der Waals surface area contributed by atoms with Crippen molar-refractivity contribution in [3.05, 3.63) is 63.2 Å². The van der Waals surface area contributed by atoms with E-state index in [1.807, 2.05) is 24.3 Å². The molecule has 0 bridgehead atoms. The lowest BCUT2D eigenvalue weighted by atomic mass is 9.94. The number of likely N-dealkylation sites (tertiary alicyclic amines) is 1. The molecule has 1 amide bonds. The van der Waals surface area contributed by atoms with E-state index in [0.29, 0.717) is 19.0 Å². The Labute approximate surface area is 199 Å². The third kappa shape index (κ3) is 4.59. The molecule has 3 aliphatic heterocycles. The van der Waals surface area contributed by atoms with Crippen molar-refractivity contribution in [2.24, 2.45) is 0 Å². The molecule has 2 atom stereocenters. The maximum atomic E-state index is 13.3. The topological polar surface area (TPSA) is 85.2 Å². The van der Waals surface area contributed by atoms with Gasteiger partial charge in [0.1, 0.15) is 0 Å². The van der Waals surface area contributed by atoms with Crippen LogP contribution in [-0.2, 0) is 24.1 Å². The van der Waals surface area contributed by atoms with Crippen LogP contribution in [-0.4, -0.2) is 59.1 Å². The van der Waals surface area contributed by atoms with Gasteiger partial charge in [0.2, 0.25) is 12.7 Å². The Bertz CT molecular complexity index is 1070. The van der Waals surface area contributed by atoms with Crippen molar-refractivity contribution < 1.29 is 19.2 Å². The van der Waals surface area contributed by atoms with E-state index in [0.717, 1.165) is 61.4 Å². The fraction of sp³-hybridized carbons (Fsp3) is 0.500. The number of fused-ring (bicyclic) bond motifs is 2. The van der Waals surface area contributed by atoms with Gasteiger partial charge in [0, 0.05) is 37.3 Å².